The summed E-state index contributed by atoms with van der Waals surface area (Å²) in [6.45, 7) is 1.51. The van der Waals surface area contributed by atoms with Crippen molar-refractivity contribution in [1.29, 1.82) is 0 Å². The number of thioether (sulfide) groups is 1. The molecule has 0 saturated carbocycles. The third-order valence-corrected chi connectivity index (χ3v) is 3.12. The number of carbonyl (C=O) groups excluding carboxylic acids is 2. The molecule has 6 heteroatoms. The summed E-state index contributed by atoms with van der Waals surface area (Å²) in [5, 5.41) is 10.8. The Morgan fingerprint density at radius 2 is 2.21 bits per heavy atom. The van der Waals surface area contributed by atoms with Crippen LogP contribution in [0.25, 0.3) is 6.08 Å². The van der Waals surface area contributed by atoms with Crippen molar-refractivity contribution in [2.75, 3.05) is 5.75 Å². The number of benzene rings is 1. The van der Waals surface area contributed by atoms with Crippen molar-refractivity contribution in [3.8, 4) is 0 Å². The predicted octanol–water partition coefficient (Wildman–Crippen LogP) is 3.09. The third-order valence-electron chi connectivity index (χ3n) is 2.28. The molecule has 100 valence electrons. The number of nitro benzene ring substituents is 1. The minimum absolute atomic E-state index is 0.0642. The molecule has 0 unspecified atom stereocenters. The molecule has 1 aromatic rings. The van der Waals surface area contributed by atoms with E-state index >= 15 is 0 Å². The van der Waals surface area contributed by atoms with Crippen LogP contribution < -0.4 is 0 Å². The summed E-state index contributed by atoms with van der Waals surface area (Å²) in [4.78, 5) is 31.5. The van der Waals surface area contributed by atoms with Crippen molar-refractivity contribution in [3.05, 3.63) is 45.5 Å². The molecular formula is C13H13NO4S. The third kappa shape index (κ3) is 5.05. The molecule has 0 amide bonds. The van der Waals surface area contributed by atoms with Gasteiger partial charge < -0.3 is 0 Å². The van der Waals surface area contributed by atoms with Gasteiger partial charge in [0, 0.05) is 18.7 Å². The van der Waals surface area contributed by atoms with Gasteiger partial charge in [0.2, 0.25) is 0 Å². The van der Waals surface area contributed by atoms with E-state index in [2.05, 4.69) is 0 Å². The highest BCUT2D eigenvalue weighted by atomic mass is 32.2. The van der Waals surface area contributed by atoms with Crippen molar-refractivity contribution >= 4 is 34.9 Å². The van der Waals surface area contributed by atoms with Gasteiger partial charge in [0.15, 0.2) is 11.4 Å². The van der Waals surface area contributed by atoms with E-state index in [1.54, 1.807) is 12.1 Å². The molecule has 0 aromatic heterocycles. The smallest absolute Gasteiger partial charge is 0.280 e. The van der Waals surface area contributed by atoms with E-state index < -0.39 is 4.92 Å². The lowest BCUT2D eigenvalue weighted by molar-refractivity contribution is -0.385. The molecule has 0 aliphatic carbocycles. The first kappa shape index (κ1) is 15.1. The number of nitro groups is 1. The Bertz CT molecular complexity index is 525. The lowest BCUT2D eigenvalue weighted by Crippen LogP contribution is -1.94. The summed E-state index contributed by atoms with van der Waals surface area (Å²) in [5.41, 5.74) is 0.523. The van der Waals surface area contributed by atoms with Crippen LogP contribution in [0.4, 0.5) is 5.69 Å². The first-order chi connectivity index (χ1) is 9.04. The van der Waals surface area contributed by atoms with Gasteiger partial charge in [0.05, 0.1) is 10.5 Å². The van der Waals surface area contributed by atoms with Crippen molar-refractivity contribution < 1.29 is 14.5 Å². The molecule has 0 heterocycles. The zero-order valence-electron chi connectivity index (χ0n) is 10.4. The fourth-order valence-electron chi connectivity index (χ4n) is 1.41. The van der Waals surface area contributed by atoms with Gasteiger partial charge in [-0.1, -0.05) is 30.0 Å². The molecule has 0 spiro atoms. The van der Waals surface area contributed by atoms with Gasteiger partial charge in [-0.25, -0.2) is 0 Å². The van der Waals surface area contributed by atoms with E-state index in [9.17, 15) is 19.7 Å². The zero-order chi connectivity index (χ0) is 14.3. The van der Waals surface area contributed by atoms with Crippen molar-refractivity contribution in [2.24, 2.45) is 0 Å². The number of allylic oxidation sites excluding steroid dienone is 1. The number of carbonyl (C=O) groups is 2. The number of nitrogens with zero attached hydrogens (tertiary/aromatic N) is 1. The average molecular weight is 279 g/mol. The Labute approximate surface area is 114 Å². The fraction of sp³-hybridized carbons (Fsp3) is 0.231. The van der Waals surface area contributed by atoms with Gasteiger partial charge >= 0.3 is 0 Å². The second-order valence-electron chi connectivity index (χ2n) is 3.72. The Morgan fingerprint density at radius 3 is 2.79 bits per heavy atom. The second-order valence-corrected chi connectivity index (χ2v) is 5.00. The lowest BCUT2D eigenvalue weighted by atomic mass is 10.1. The summed E-state index contributed by atoms with van der Waals surface area (Å²) < 4.78 is 0. The molecule has 0 radical (unpaired) electrons. The molecule has 19 heavy (non-hydrogen) atoms. The summed E-state index contributed by atoms with van der Waals surface area (Å²) in [5.74, 6) is 0.681. The first-order valence-corrected chi connectivity index (χ1v) is 6.56. The molecule has 1 rings (SSSR count). The number of hydrogen-bond donors (Lipinski definition) is 0. The Morgan fingerprint density at radius 1 is 1.47 bits per heavy atom. The molecule has 0 atom stereocenters. The van der Waals surface area contributed by atoms with Gasteiger partial charge in [-0.15, -0.1) is 0 Å². The Hall–Kier alpha value is -1.95. The average Bonchev–Trinajstić information content (AvgIpc) is 2.37. The maximum Gasteiger partial charge on any atom is 0.280 e. The largest absolute Gasteiger partial charge is 0.298 e. The highest BCUT2D eigenvalue weighted by Gasteiger charge is 2.12. The van der Waals surface area contributed by atoms with E-state index in [1.807, 2.05) is 6.08 Å². The number of aldehydes is 1. The Balaban J connectivity index is 2.71. The van der Waals surface area contributed by atoms with E-state index in [0.29, 0.717) is 24.0 Å². The maximum atomic E-state index is 10.8. The number of hydrogen-bond acceptors (Lipinski definition) is 5. The van der Waals surface area contributed by atoms with Crippen LogP contribution in [0.2, 0.25) is 0 Å². The number of rotatable bonds is 6. The van der Waals surface area contributed by atoms with Crippen LogP contribution in [0.5, 0.6) is 0 Å². The predicted molar refractivity (Wildman–Crippen MR) is 75.3 cm³/mol. The highest BCUT2D eigenvalue weighted by Crippen LogP contribution is 2.19. The molecule has 0 aliphatic rings. The molecule has 0 aliphatic heterocycles. The van der Waals surface area contributed by atoms with Crippen LogP contribution in [-0.4, -0.2) is 22.1 Å². The van der Waals surface area contributed by atoms with Gasteiger partial charge in [-0.05, 0) is 18.1 Å². The van der Waals surface area contributed by atoms with Crippen molar-refractivity contribution in [3.63, 3.8) is 0 Å². The van der Waals surface area contributed by atoms with Gasteiger partial charge in [-0.3, -0.25) is 19.7 Å². The van der Waals surface area contributed by atoms with E-state index in [0.717, 1.165) is 0 Å². The first-order valence-electron chi connectivity index (χ1n) is 5.58. The van der Waals surface area contributed by atoms with Crippen LogP contribution in [-0.2, 0) is 4.79 Å². The maximum absolute atomic E-state index is 10.8. The van der Waals surface area contributed by atoms with E-state index in [-0.39, 0.29) is 16.4 Å². The normalized spacial score (nSPS) is 10.6. The topological polar surface area (TPSA) is 77.3 Å². The SMILES string of the molecule is CC(=O)SCCC=Cc1ccc(C=O)c([N+](=O)[O-])c1. The molecule has 0 bridgehead atoms. The second kappa shape index (κ2) is 7.48. The molecule has 1 aromatic carbocycles. The van der Waals surface area contributed by atoms with Crippen LogP contribution in [0.1, 0.15) is 29.3 Å². The van der Waals surface area contributed by atoms with E-state index in [1.165, 1.54) is 30.8 Å². The summed E-state index contributed by atoms with van der Waals surface area (Å²) in [6.07, 6.45) is 4.75. The van der Waals surface area contributed by atoms with Crippen LogP contribution in [0, 0.1) is 10.1 Å². The lowest BCUT2D eigenvalue weighted by Gasteiger charge is -1.98. The molecule has 0 fully saturated rings. The fourth-order valence-corrected chi connectivity index (χ4v) is 1.95. The van der Waals surface area contributed by atoms with Gasteiger partial charge in [0.25, 0.3) is 5.69 Å². The van der Waals surface area contributed by atoms with Crippen molar-refractivity contribution in [1.82, 2.24) is 0 Å². The summed E-state index contributed by atoms with van der Waals surface area (Å²) in [6, 6.07) is 4.43. The van der Waals surface area contributed by atoms with Crippen LogP contribution >= 0.6 is 11.8 Å². The van der Waals surface area contributed by atoms with Crippen LogP contribution in [0.15, 0.2) is 24.3 Å². The standard InChI is InChI=1S/C13H13NO4S/c1-10(16)19-7-3-2-4-11-5-6-12(9-15)13(8-11)14(17)18/h2,4-6,8-9H,3,7H2,1H3. The monoisotopic (exact) mass is 279 g/mol. The Kier molecular flexibility index (Phi) is 5.95. The molecule has 5 nitrogen and oxygen atoms in total. The molecular weight excluding hydrogens is 266 g/mol. The summed E-state index contributed by atoms with van der Waals surface area (Å²) in [7, 11) is 0. The molecule has 0 N–H and O–H groups in total. The van der Waals surface area contributed by atoms with Gasteiger partial charge in [0.1, 0.15) is 0 Å². The zero-order valence-corrected chi connectivity index (χ0v) is 11.2. The van der Waals surface area contributed by atoms with Crippen molar-refractivity contribution in [2.45, 2.75) is 13.3 Å². The van der Waals surface area contributed by atoms with Crippen LogP contribution in [0.3, 0.4) is 0 Å². The van der Waals surface area contributed by atoms with Gasteiger partial charge in [-0.2, -0.15) is 0 Å². The minimum Gasteiger partial charge on any atom is -0.298 e. The molecule has 0 saturated heterocycles. The minimum atomic E-state index is -0.577. The van der Waals surface area contributed by atoms with E-state index in [4.69, 9.17) is 0 Å². The highest BCUT2D eigenvalue weighted by molar-refractivity contribution is 8.13. The quantitative estimate of drug-likeness (QED) is 0.346. The summed E-state index contributed by atoms with van der Waals surface area (Å²) >= 11 is 1.24.